The lowest BCUT2D eigenvalue weighted by Crippen LogP contribution is -2.45. The molecule has 8 heteroatoms. The second-order valence-corrected chi connectivity index (χ2v) is 8.98. The van der Waals surface area contributed by atoms with Gasteiger partial charge < -0.3 is 4.74 Å². The summed E-state index contributed by atoms with van der Waals surface area (Å²) in [6.45, 7) is 11.5. The predicted octanol–water partition coefficient (Wildman–Crippen LogP) is 4.38. The molecule has 4 heterocycles. The van der Waals surface area contributed by atoms with Crippen molar-refractivity contribution in [3.05, 3.63) is 46.8 Å². The first-order valence-electron chi connectivity index (χ1n) is 10.5. The summed E-state index contributed by atoms with van der Waals surface area (Å²) in [6.07, 6.45) is 6.86. The van der Waals surface area contributed by atoms with E-state index in [1.54, 1.807) is 15.6 Å². The maximum Gasteiger partial charge on any atom is 0.416 e. The summed E-state index contributed by atoms with van der Waals surface area (Å²) in [5.41, 5.74) is 3.69. The van der Waals surface area contributed by atoms with Crippen LogP contribution in [0.1, 0.15) is 62.6 Å². The van der Waals surface area contributed by atoms with E-state index < -0.39 is 5.60 Å². The minimum absolute atomic E-state index is 0.0210. The fraction of sp³-hybridized carbons (Fsp3) is 0.435. The number of amides is 1. The monoisotopic (exact) mass is 420 g/mol. The Hall–Kier alpha value is -3.29. The summed E-state index contributed by atoms with van der Waals surface area (Å²) in [5, 5.41) is 4.54. The summed E-state index contributed by atoms with van der Waals surface area (Å²) in [5.74, 6) is 1.24. The third-order valence-corrected chi connectivity index (χ3v) is 5.20. The second-order valence-electron chi connectivity index (χ2n) is 8.98. The van der Waals surface area contributed by atoms with Crippen LogP contribution in [0.2, 0.25) is 0 Å². The molecule has 1 unspecified atom stereocenters. The Kier molecular flexibility index (Phi) is 5.24. The molecule has 0 spiro atoms. The van der Waals surface area contributed by atoms with Crippen LogP contribution in [0.25, 0.3) is 17.8 Å². The number of ether oxygens (including phenoxy) is 1. The molecule has 8 nitrogen and oxygen atoms in total. The Morgan fingerprint density at radius 2 is 1.97 bits per heavy atom. The molecule has 1 amide bonds. The molecule has 1 aliphatic rings. The number of anilines is 1. The molecular weight excluding hydrogens is 392 g/mol. The fourth-order valence-electron chi connectivity index (χ4n) is 3.61. The molecule has 1 aliphatic heterocycles. The van der Waals surface area contributed by atoms with Crippen molar-refractivity contribution in [1.82, 2.24) is 24.6 Å². The van der Waals surface area contributed by atoms with E-state index in [1.807, 2.05) is 65.8 Å². The van der Waals surface area contributed by atoms with Crippen LogP contribution < -0.4 is 4.90 Å². The van der Waals surface area contributed by atoms with Crippen molar-refractivity contribution in [2.45, 2.75) is 66.0 Å². The van der Waals surface area contributed by atoms with E-state index in [0.29, 0.717) is 11.6 Å². The van der Waals surface area contributed by atoms with Crippen molar-refractivity contribution in [3.8, 4) is 0 Å². The molecule has 1 atom stereocenters. The highest BCUT2D eigenvalue weighted by molar-refractivity contribution is 5.89. The Morgan fingerprint density at radius 1 is 1.19 bits per heavy atom. The summed E-state index contributed by atoms with van der Waals surface area (Å²) in [4.78, 5) is 28.2. The van der Waals surface area contributed by atoms with Gasteiger partial charge in [0.1, 0.15) is 11.4 Å². The van der Waals surface area contributed by atoms with E-state index in [1.165, 1.54) is 0 Å². The van der Waals surface area contributed by atoms with Gasteiger partial charge in [-0.1, -0.05) is 6.07 Å². The summed E-state index contributed by atoms with van der Waals surface area (Å²) >= 11 is 0. The molecule has 4 rings (SSSR count). The highest BCUT2D eigenvalue weighted by Crippen LogP contribution is 2.31. The van der Waals surface area contributed by atoms with Crippen LogP contribution in [0, 0.1) is 13.8 Å². The number of carbonyl (C=O) groups excluding carboxylic acids is 1. The molecule has 0 saturated heterocycles. The van der Waals surface area contributed by atoms with E-state index in [2.05, 4.69) is 15.1 Å². The molecule has 31 heavy (non-hydrogen) atoms. The summed E-state index contributed by atoms with van der Waals surface area (Å²) in [7, 11) is 0. The van der Waals surface area contributed by atoms with E-state index in [-0.39, 0.29) is 12.1 Å². The van der Waals surface area contributed by atoms with Gasteiger partial charge in [-0.2, -0.15) is 0 Å². The average molecular weight is 421 g/mol. The van der Waals surface area contributed by atoms with E-state index in [4.69, 9.17) is 9.72 Å². The number of aromatic nitrogens is 5. The van der Waals surface area contributed by atoms with Crippen LogP contribution >= 0.6 is 0 Å². The van der Waals surface area contributed by atoms with Crippen LogP contribution in [0.4, 0.5) is 10.6 Å². The van der Waals surface area contributed by atoms with Crippen molar-refractivity contribution in [1.29, 1.82) is 0 Å². The van der Waals surface area contributed by atoms with Crippen molar-refractivity contribution in [3.63, 3.8) is 0 Å². The summed E-state index contributed by atoms with van der Waals surface area (Å²) < 4.78 is 7.42. The Balaban J connectivity index is 1.65. The zero-order chi connectivity index (χ0) is 22.3. The van der Waals surface area contributed by atoms with Gasteiger partial charge in [0.15, 0.2) is 11.5 Å². The van der Waals surface area contributed by atoms with Gasteiger partial charge in [0.05, 0.1) is 17.1 Å². The van der Waals surface area contributed by atoms with Gasteiger partial charge in [0.25, 0.3) is 0 Å². The van der Waals surface area contributed by atoms with Crippen LogP contribution in [-0.2, 0) is 11.2 Å². The van der Waals surface area contributed by atoms with Crippen LogP contribution in [-0.4, -0.2) is 42.3 Å². The minimum Gasteiger partial charge on any atom is -0.443 e. The molecule has 162 valence electrons. The van der Waals surface area contributed by atoms with Crippen molar-refractivity contribution in [2.75, 3.05) is 4.90 Å². The molecule has 0 bridgehead atoms. The lowest BCUT2D eigenvalue weighted by Gasteiger charge is -2.35. The van der Waals surface area contributed by atoms with Gasteiger partial charge >= 0.3 is 6.09 Å². The molecule has 0 fully saturated rings. The number of pyridine rings is 1. The van der Waals surface area contributed by atoms with E-state index in [0.717, 1.165) is 41.1 Å². The molecule has 0 saturated carbocycles. The van der Waals surface area contributed by atoms with Crippen LogP contribution in [0.5, 0.6) is 0 Å². The topological polar surface area (TPSA) is 85.5 Å². The SMILES string of the molecule is Cc1ncc(C)n2nc(/C=C/c3ccc4c(n3)N(C(=O)OC(C)(C)C)C(C)CC4)nc12. The molecule has 3 aromatic rings. The van der Waals surface area contributed by atoms with Crippen LogP contribution in [0.3, 0.4) is 0 Å². The summed E-state index contributed by atoms with van der Waals surface area (Å²) in [6, 6.07) is 4.00. The van der Waals surface area contributed by atoms with Gasteiger partial charge in [-0.25, -0.2) is 19.3 Å². The van der Waals surface area contributed by atoms with Gasteiger partial charge in [-0.05, 0) is 78.2 Å². The van der Waals surface area contributed by atoms with Gasteiger partial charge in [-0.15, -0.1) is 5.10 Å². The molecule has 0 N–H and O–H groups in total. The quantitative estimate of drug-likeness (QED) is 0.611. The fourth-order valence-corrected chi connectivity index (χ4v) is 3.61. The first-order chi connectivity index (χ1) is 14.6. The highest BCUT2D eigenvalue weighted by Gasteiger charge is 2.33. The number of hydrogen-bond acceptors (Lipinski definition) is 6. The number of carbonyl (C=O) groups is 1. The van der Waals surface area contributed by atoms with Crippen molar-refractivity contribution in [2.24, 2.45) is 0 Å². The van der Waals surface area contributed by atoms with E-state index >= 15 is 0 Å². The Bertz CT molecular complexity index is 1140. The zero-order valence-corrected chi connectivity index (χ0v) is 18.9. The molecule has 0 aromatic carbocycles. The first kappa shape index (κ1) is 21.0. The minimum atomic E-state index is -0.564. The van der Waals surface area contributed by atoms with Gasteiger partial charge in [-0.3, -0.25) is 9.88 Å². The Labute approximate surface area is 182 Å². The largest absolute Gasteiger partial charge is 0.443 e. The van der Waals surface area contributed by atoms with Crippen LogP contribution in [0.15, 0.2) is 18.3 Å². The second kappa shape index (κ2) is 7.76. The third-order valence-electron chi connectivity index (χ3n) is 5.20. The maximum absolute atomic E-state index is 12.9. The first-order valence-corrected chi connectivity index (χ1v) is 10.5. The smallest absolute Gasteiger partial charge is 0.416 e. The molecule has 0 radical (unpaired) electrons. The van der Waals surface area contributed by atoms with E-state index in [9.17, 15) is 4.79 Å². The lowest BCUT2D eigenvalue weighted by molar-refractivity contribution is 0.0562. The number of fused-ring (bicyclic) bond motifs is 2. The normalized spacial score (nSPS) is 16.7. The number of nitrogens with zero attached hydrogens (tertiary/aromatic N) is 6. The molecule has 3 aromatic heterocycles. The van der Waals surface area contributed by atoms with Crippen molar-refractivity contribution >= 4 is 29.7 Å². The highest BCUT2D eigenvalue weighted by atomic mass is 16.6. The number of aryl methyl sites for hydroxylation is 3. The molecular formula is C23H28N6O2. The van der Waals surface area contributed by atoms with Gasteiger partial charge in [0.2, 0.25) is 0 Å². The number of hydrogen-bond donors (Lipinski definition) is 0. The maximum atomic E-state index is 12.9. The molecule has 0 aliphatic carbocycles. The predicted molar refractivity (Wildman–Crippen MR) is 120 cm³/mol. The third kappa shape index (κ3) is 4.28. The Morgan fingerprint density at radius 3 is 2.68 bits per heavy atom. The average Bonchev–Trinajstić information content (AvgIpc) is 3.13. The van der Waals surface area contributed by atoms with Crippen molar-refractivity contribution < 1.29 is 9.53 Å². The number of rotatable bonds is 2. The lowest BCUT2D eigenvalue weighted by atomic mass is 10.00. The zero-order valence-electron chi connectivity index (χ0n) is 18.9. The standard InChI is InChI=1S/C23H28N6O2/c1-14-7-8-17-9-10-18(25-21(17)28(14)22(30)31-23(4,5)6)11-12-19-26-20-16(3)24-13-15(2)29(20)27-19/h9-14H,7-8H2,1-6H3/b12-11+. The van der Waals surface area contributed by atoms with Gasteiger partial charge in [0, 0.05) is 12.2 Å².